The largest absolute Gasteiger partial charge is 0.493 e. The van der Waals surface area contributed by atoms with Gasteiger partial charge in [-0.2, -0.15) is 0 Å². The number of halogens is 1. The van der Waals surface area contributed by atoms with Crippen LogP contribution in [0.1, 0.15) is 18.1 Å². The Kier molecular flexibility index (Phi) is 5.37. The van der Waals surface area contributed by atoms with Crippen molar-refractivity contribution in [2.24, 2.45) is 4.99 Å². The van der Waals surface area contributed by atoms with Gasteiger partial charge in [-0.15, -0.1) is 0 Å². The lowest BCUT2D eigenvalue weighted by Crippen LogP contribution is -2.05. The fourth-order valence-electron chi connectivity index (χ4n) is 2.33. The third-order valence-electron chi connectivity index (χ3n) is 3.50. The van der Waals surface area contributed by atoms with Crippen LogP contribution in [0.2, 0.25) is 0 Å². The third kappa shape index (κ3) is 4.01. The fourth-order valence-corrected chi connectivity index (χ4v) is 2.69. The Labute approximate surface area is 159 Å². The van der Waals surface area contributed by atoms with Gasteiger partial charge in [0, 0.05) is 9.13 Å². The summed E-state index contributed by atoms with van der Waals surface area (Å²) in [6, 6.07) is 13.1. The third-order valence-corrected chi connectivity index (χ3v) is 4.22. The van der Waals surface area contributed by atoms with E-state index in [2.05, 4.69) is 27.6 Å². The summed E-state index contributed by atoms with van der Waals surface area (Å²) in [6.07, 6.45) is 1.67. The summed E-state index contributed by atoms with van der Waals surface area (Å²) >= 11 is 2.22. The fraction of sp³-hybridized carbons (Fsp3) is 0.158. The lowest BCUT2D eigenvalue weighted by atomic mass is 10.1. The van der Waals surface area contributed by atoms with E-state index in [1.165, 1.54) is 0 Å². The normalized spacial score (nSPS) is 15.1. The molecule has 0 spiro atoms. The topological polar surface area (TPSA) is 57.1 Å². The second-order valence-electron chi connectivity index (χ2n) is 5.19. The average molecular weight is 449 g/mol. The maximum absolute atomic E-state index is 12.1. The summed E-state index contributed by atoms with van der Waals surface area (Å²) < 4.78 is 17.2. The maximum Gasteiger partial charge on any atom is 0.363 e. The highest BCUT2D eigenvalue weighted by Crippen LogP contribution is 2.29. The standard InChI is InChI=1S/C19H16INO4/c1-3-24-17-11-12(4-9-16(17)23-2)10-15-19(22)25-18(21-15)13-5-7-14(20)8-6-13/h4-11H,3H2,1-2H3/b15-10-. The van der Waals surface area contributed by atoms with Crippen LogP contribution in [0.3, 0.4) is 0 Å². The van der Waals surface area contributed by atoms with Crippen LogP contribution in [0, 0.1) is 3.57 Å². The van der Waals surface area contributed by atoms with Crippen molar-refractivity contribution in [2.75, 3.05) is 13.7 Å². The predicted molar refractivity (Wildman–Crippen MR) is 104 cm³/mol. The quantitative estimate of drug-likeness (QED) is 0.393. The van der Waals surface area contributed by atoms with Crippen molar-refractivity contribution in [3.8, 4) is 11.5 Å². The van der Waals surface area contributed by atoms with Gasteiger partial charge in [0.2, 0.25) is 5.90 Å². The minimum absolute atomic E-state index is 0.251. The number of rotatable bonds is 5. The molecule has 0 aromatic heterocycles. The molecule has 1 heterocycles. The summed E-state index contributed by atoms with van der Waals surface area (Å²) in [4.78, 5) is 16.4. The minimum Gasteiger partial charge on any atom is -0.493 e. The van der Waals surface area contributed by atoms with Gasteiger partial charge in [-0.05, 0) is 77.6 Å². The zero-order chi connectivity index (χ0) is 17.8. The van der Waals surface area contributed by atoms with E-state index in [0.717, 1.165) is 14.7 Å². The van der Waals surface area contributed by atoms with Crippen molar-refractivity contribution < 1.29 is 19.0 Å². The molecule has 0 unspecified atom stereocenters. The van der Waals surface area contributed by atoms with E-state index in [-0.39, 0.29) is 5.70 Å². The molecular formula is C19H16INO4. The van der Waals surface area contributed by atoms with Gasteiger partial charge < -0.3 is 14.2 Å². The van der Waals surface area contributed by atoms with E-state index in [9.17, 15) is 4.79 Å². The molecular weight excluding hydrogens is 433 g/mol. The number of carbonyl (C=O) groups excluding carboxylic acids is 1. The van der Waals surface area contributed by atoms with Gasteiger partial charge >= 0.3 is 5.97 Å². The van der Waals surface area contributed by atoms with Crippen molar-refractivity contribution in [3.63, 3.8) is 0 Å². The van der Waals surface area contributed by atoms with Gasteiger partial charge in [0.25, 0.3) is 0 Å². The monoisotopic (exact) mass is 449 g/mol. The Bertz CT molecular complexity index is 856. The molecule has 2 aromatic carbocycles. The Morgan fingerprint density at radius 2 is 1.92 bits per heavy atom. The molecule has 0 saturated heterocycles. The van der Waals surface area contributed by atoms with Gasteiger partial charge in [-0.3, -0.25) is 0 Å². The van der Waals surface area contributed by atoms with E-state index in [4.69, 9.17) is 14.2 Å². The summed E-state index contributed by atoms with van der Waals surface area (Å²) in [5.74, 6) is 1.10. The highest BCUT2D eigenvalue weighted by molar-refractivity contribution is 14.1. The molecule has 0 radical (unpaired) electrons. The number of carbonyl (C=O) groups is 1. The Morgan fingerprint density at radius 3 is 2.60 bits per heavy atom. The number of hydrogen-bond acceptors (Lipinski definition) is 5. The van der Waals surface area contributed by atoms with E-state index >= 15 is 0 Å². The second kappa shape index (κ2) is 7.69. The van der Waals surface area contributed by atoms with E-state index < -0.39 is 5.97 Å². The number of aliphatic imine (C=N–C) groups is 1. The highest BCUT2D eigenvalue weighted by Gasteiger charge is 2.24. The molecule has 0 saturated carbocycles. The van der Waals surface area contributed by atoms with Crippen LogP contribution >= 0.6 is 22.6 Å². The van der Waals surface area contributed by atoms with E-state index in [1.807, 2.05) is 37.3 Å². The second-order valence-corrected chi connectivity index (χ2v) is 6.43. The first-order chi connectivity index (χ1) is 12.1. The van der Waals surface area contributed by atoms with Crippen LogP contribution in [0.4, 0.5) is 0 Å². The van der Waals surface area contributed by atoms with Crippen molar-refractivity contribution in [1.29, 1.82) is 0 Å². The van der Waals surface area contributed by atoms with Crippen LogP contribution in [-0.2, 0) is 9.53 Å². The SMILES string of the molecule is CCOc1cc(/C=C2\N=C(c3ccc(I)cc3)OC2=O)ccc1OC. The Morgan fingerprint density at radius 1 is 1.16 bits per heavy atom. The molecule has 1 aliphatic rings. The predicted octanol–water partition coefficient (Wildman–Crippen LogP) is 4.04. The summed E-state index contributed by atoms with van der Waals surface area (Å²) in [5, 5.41) is 0. The molecule has 6 heteroatoms. The number of nitrogens with zero attached hydrogens (tertiary/aromatic N) is 1. The van der Waals surface area contributed by atoms with Crippen molar-refractivity contribution in [1.82, 2.24) is 0 Å². The number of cyclic esters (lactones) is 1. The molecule has 0 N–H and O–H groups in total. The van der Waals surface area contributed by atoms with E-state index in [1.54, 1.807) is 25.3 Å². The molecule has 0 amide bonds. The lowest BCUT2D eigenvalue weighted by Gasteiger charge is -2.09. The Balaban J connectivity index is 1.91. The molecule has 25 heavy (non-hydrogen) atoms. The molecule has 5 nitrogen and oxygen atoms in total. The zero-order valence-corrected chi connectivity index (χ0v) is 15.9. The molecule has 2 aromatic rings. The van der Waals surface area contributed by atoms with E-state index in [0.29, 0.717) is 24.0 Å². The number of methoxy groups -OCH3 is 1. The van der Waals surface area contributed by atoms with Gasteiger partial charge in [0.05, 0.1) is 13.7 Å². The summed E-state index contributed by atoms with van der Waals surface area (Å²) in [7, 11) is 1.59. The molecule has 0 fully saturated rings. The number of hydrogen-bond donors (Lipinski definition) is 0. The van der Waals surface area contributed by atoms with Crippen LogP contribution in [0.15, 0.2) is 53.2 Å². The van der Waals surface area contributed by atoms with Gasteiger partial charge in [-0.1, -0.05) is 6.07 Å². The van der Waals surface area contributed by atoms with Gasteiger partial charge in [0.1, 0.15) is 0 Å². The Hall–Kier alpha value is -2.35. The average Bonchev–Trinajstić information content (AvgIpc) is 2.97. The number of esters is 1. The summed E-state index contributed by atoms with van der Waals surface area (Å²) in [6.45, 7) is 2.42. The molecule has 0 aliphatic carbocycles. The van der Waals surface area contributed by atoms with Gasteiger partial charge in [-0.25, -0.2) is 9.79 Å². The molecule has 0 bridgehead atoms. The number of ether oxygens (including phenoxy) is 3. The molecule has 1 aliphatic heterocycles. The van der Waals surface area contributed by atoms with Crippen molar-refractivity contribution in [3.05, 3.63) is 62.9 Å². The first-order valence-corrected chi connectivity index (χ1v) is 8.78. The first-order valence-electron chi connectivity index (χ1n) is 7.70. The highest BCUT2D eigenvalue weighted by atomic mass is 127. The van der Waals surface area contributed by atoms with Crippen LogP contribution in [0.25, 0.3) is 6.08 Å². The van der Waals surface area contributed by atoms with Crippen LogP contribution in [0.5, 0.6) is 11.5 Å². The minimum atomic E-state index is -0.470. The van der Waals surface area contributed by atoms with Crippen LogP contribution < -0.4 is 9.47 Å². The maximum atomic E-state index is 12.1. The van der Waals surface area contributed by atoms with Crippen molar-refractivity contribution in [2.45, 2.75) is 6.92 Å². The first kappa shape index (κ1) is 17.5. The lowest BCUT2D eigenvalue weighted by molar-refractivity contribution is -0.129. The zero-order valence-electron chi connectivity index (χ0n) is 13.8. The molecule has 128 valence electrons. The van der Waals surface area contributed by atoms with Crippen molar-refractivity contribution >= 4 is 40.5 Å². The number of benzene rings is 2. The van der Waals surface area contributed by atoms with Gasteiger partial charge in [0.15, 0.2) is 17.2 Å². The molecule has 0 atom stereocenters. The van der Waals surface area contributed by atoms with Crippen LogP contribution in [-0.4, -0.2) is 25.6 Å². The summed E-state index contributed by atoms with van der Waals surface area (Å²) in [5.41, 5.74) is 1.80. The smallest absolute Gasteiger partial charge is 0.363 e. The molecule has 3 rings (SSSR count).